The predicted octanol–water partition coefficient (Wildman–Crippen LogP) is 5.60. The number of benzene rings is 2. The Morgan fingerprint density at radius 1 is 1.10 bits per heavy atom. The molecule has 2 aromatic carbocycles. The maximum atomic E-state index is 13.7. The molecule has 0 unspecified atom stereocenters. The van der Waals surface area contributed by atoms with Crippen LogP contribution in [0.1, 0.15) is 30.4 Å². The van der Waals surface area contributed by atoms with E-state index in [-0.39, 0.29) is 31.8 Å². The molecule has 0 radical (unpaired) electrons. The number of nitrogens with one attached hydrogen (secondary N) is 2. The minimum atomic E-state index is -4.37. The number of aromatic nitrogens is 1. The third-order valence-corrected chi connectivity index (χ3v) is 6.04. The Kier molecular flexibility index (Phi) is 3.94. The summed E-state index contributed by atoms with van der Waals surface area (Å²) < 4.78 is 57.4. The summed E-state index contributed by atoms with van der Waals surface area (Å²) in [6.45, 7) is 0.109. The van der Waals surface area contributed by atoms with E-state index in [1.54, 1.807) is 24.4 Å². The van der Waals surface area contributed by atoms with Crippen molar-refractivity contribution in [3.8, 4) is 5.75 Å². The van der Waals surface area contributed by atoms with Gasteiger partial charge in [-0.3, -0.25) is 4.79 Å². The van der Waals surface area contributed by atoms with E-state index in [1.807, 2.05) is 0 Å². The number of alkyl halides is 4. The van der Waals surface area contributed by atoms with Gasteiger partial charge in [0.05, 0.1) is 16.7 Å². The zero-order valence-corrected chi connectivity index (χ0v) is 15.8. The number of halogens is 4. The number of aromatic amines is 1. The molecule has 3 saturated carbocycles. The maximum Gasteiger partial charge on any atom is 0.416 e. The molecule has 1 heterocycles. The molecule has 3 aliphatic carbocycles. The summed E-state index contributed by atoms with van der Waals surface area (Å²) in [6, 6.07) is 10.1. The Morgan fingerprint density at radius 3 is 2.43 bits per heavy atom. The summed E-state index contributed by atoms with van der Waals surface area (Å²) in [5, 5.41) is 3.63. The van der Waals surface area contributed by atoms with Crippen LogP contribution in [0.2, 0.25) is 0 Å². The fourth-order valence-electron chi connectivity index (χ4n) is 4.41. The fourth-order valence-corrected chi connectivity index (χ4v) is 4.41. The second-order valence-electron chi connectivity index (χ2n) is 8.31. The molecule has 8 heteroatoms. The molecule has 3 aliphatic rings. The zero-order valence-electron chi connectivity index (χ0n) is 15.8. The summed E-state index contributed by atoms with van der Waals surface area (Å²) >= 11 is 0. The number of carbonyl (C=O) groups excluding carboxylic acids is 1. The molecule has 3 aromatic rings. The van der Waals surface area contributed by atoms with Crippen molar-refractivity contribution in [1.82, 2.24) is 4.98 Å². The lowest BCUT2D eigenvalue weighted by molar-refractivity contribution is -0.209. The van der Waals surface area contributed by atoms with Crippen LogP contribution in [-0.4, -0.2) is 16.6 Å². The monoisotopic (exact) mass is 418 g/mol. The molecule has 2 bridgehead atoms. The first-order chi connectivity index (χ1) is 14.2. The molecule has 1 amide bonds. The quantitative estimate of drug-likeness (QED) is 0.530. The van der Waals surface area contributed by atoms with Crippen molar-refractivity contribution in [3.05, 3.63) is 59.8 Å². The van der Waals surface area contributed by atoms with Crippen LogP contribution in [0.4, 0.5) is 23.2 Å². The topological polar surface area (TPSA) is 54.1 Å². The molecule has 0 saturated heterocycles. The van der Waals surface area contributed by atoms with Crippen molar-refractivity contribution in [2.45, 2.75) is 37.7 Å². The van der Waals surface area contributed by atoms with E-state index < -0.39 is 22.8 Å². The summed E-state index contributed by atoms with van der Waals surface area (Å²) in [6.07, 6.45) is -1.83. The van der Waals surface area contributed by atoms with E-state index in [0.29, 0.717) is 17.0 Å². The fraction of sp³-hybridized carbons (Fsp3) is 0.318. The highest BCUT2D eigenvalue weighted by Gasteiger charge is 2.72. The average Bonchev–Trinajstić information content (AvgIpc) is 3.05. The van der Waals surface area contributed by atoms with E-state index in [2.05, 4.69) is 10.3 Å². The normalized spacial score (nSPS) is 24.8. The minimum absolute atomic E-state index is 0.109. The van der Waals surface area contributed by atoms with E-state index in [4.69, 9.17) is 4.74 Å². The van der Waals surface area contributed by atoms with Crippen molar-refractivity contribution in [3.63, 3.8) is 0 Å². The standard InChI is InChI=1S/C22H18F4N2O2/c23-21-10-20(11-21,12-21)19(29)28-18-8-27-17-6-5-15(7-16(17)18)30-9-13-1-3-14(4-2-13)22(24,25)26/h1-8,27H,9-12H2,(H,28,29). The van der Waals surface area contributed by atoms with Gasteiger partial charge in [-0.1, -0.05) is 12.1 Å². The van der Waals surface area contributed by atoms with Gasteiger partial charge in [0, 0.05) is 17.1 Å². The molecular weight excluding hydrogens is 400 g/mol. The molecule has 0 aliphatic heterocycles. The van der Waals surface area contributed by atoms with Crippen molar-refractivity contribution in [1.29, 1.82) is 0 Å². The first-order valence-corrected chi connectivity index (χ1v) is 9.56. The van der Waals surface area contributed by atoms with Crippen LogP contribution in [0, 0.1) is 5.41 Å². The highest BCUT2D eigenvalue weighted by molar-refractivity contribution is 6.05. The van der Waals surface area contributed by atoms with Gasteiger partial charge < -0.3 is 15.0 Å². The lowest BCUT2D eigenvalue weighted by Gasteiger charge is -2.64. The van der Waals surface area contributed by atoms with Crippen LogP contribution in [0.3, 0.4) is 0 Å². The highest BCUT2D eigenvalue weighted by Crippen LogP contribution is 2.69. The summed E-state index contributed by atoms with van der Waals surface area (Å²) in [5.74, 6) is 0.352. The Morgan fingerprint density at radius 2 is 1.80 bits per heavy atom. The van der Waals surface area contributed by atoms with Gasteiger partial charge >= 0.3 is 6.18 Å². The smallest absolute Gasteiger partial charge is 0.416 e. The van der Waals surface area contributed by atoms with E-state index in [1.165, 1.54) is 12.1 Å². The second-order valence-corrected chi connectivity index (χ2v) is 8.31. The molecule has 2 N–H and O–H groups in total. The van der Waals surface area contributed by atoms with Gasteiger partial charge in [0.15, 0.2) is 0 Å². The molecule has 4 nitrogen and oxygen atoms in total. The molecule has 6 rings (SSSR count). The third kappa shape index (κ3) is 3.11. The van der Waals surface area contributed by atoms with Crippen molar-refractivity contribution < 1.29 is 27.1 Å². The molecular formula is C22H18F4N2O2. The molecule has 0 atom stereocenters. The van der Waals surface area contributed by atoms with Crippen LogP contribution in [0.5, 0.6) is 5.75 Å². The summed E-state index contributed by atoms with van der Waals surface area (Å²) in [5.41, 5.74) is -0.428. The van der Waals surface area contributed by atoms with Gasteiger partial charge in [-0.2, -0.15) is 13.2 Å². The summed E-state index contributed by atoms with van der Waals surface area (Å²) in [4.78, 5) is 15.6. The van der Waals surface area contributed by atoms with E-state index in [9.17, 15) is 22.4 Å². The maximum absolute atomic E-state index is 13.7. The number of hydrogen-bond donors (Lipinski definition) is 2. The first-order valence-electron chi connectivity index (χ1n) is 9.56. The number of fused-ring (bicyclic) bond motifs is 1. The van der Waals surface area contributed by atoms with E-state index >= 15 is 0 Å². The second kappa shape index (κ2) is 6.23. The van der Waals surface area contributed by atoms with Crippen molar-refractivity contribution in [2.24, 2.45) is 5.41 Å². The predicted molar refractivity (Wildman–Crippen MR) is 103 cm³/mol. The van der Waals surface area contributed by atoms with Crippen LogP contribution in [-0.2, 0) is 17.6 Å². The first kappa shape index (κ1) is 19.0. The number of hydrogen-bond acceptors (Lipinski definition) is 2. The molecule has 30 heavy (non-hydrogen) atoms. The number of anilines is 1. The van der Waals surface area contributed by atoms with Gasteiger partial charge in [-0.05, 0) is 55.2 Å². The molecule has 0 spiro atoms. The Balaban J connectivity index is 1.28. The summed E-state index contributed by atoms with van der Waals surface area (Å²) in [7, 11) is 0. The number of amides is 1. The van der Waals surface area contributed by atoms with Gasteiger partial charge in [0.25, 0.3) is 0 Å². The van der Waals surface area contributed by atoms with Crippen LogP contribution >= 0.6 is 0 Å². The molecule has 1 aromatic heterocycles. The lowest BCUT2D eigenvalue weighted by atomic mass is 9.42. The largest absolute Gasteiger partial charge is 0.489 e. The van der Waals surface area contributed by atoms with Gasteiger partial charge in [0.2, 0.25) is 5.91 Å². The van der Waals surface area contributed by atoms with Gasteiger partial charge in [-0.15, -0.1) is 0 Å². The van der Waals surface area contributed by atoms with Crippen LogP contribution in [0.25, 0.3) is 10.9 Å². The number of rotatable bonds is 5. The highest BCUT2D eigenvalue weighted by atomic mass is 19.4. The minimum Gasteiger partial charge on any atom is -0.489 e. The lowest BCUT2D eigenvalue weighted by Crippen LogP contribution is -2.68. The van der Waals surface area contributed by atoms with Gasteiger partial charge in [0.1, 0.15) is 18.0 Å². The van der Waals surface area contributed by atoms with Crippen molar-refractivity contribution in [2.75, 3.05) is 5.32 Å². The number of ether oxygens (including phenoxy) is 1. The SMILES string of the molecule is O=C(Nc1c[nH]c2ccc(OCc3ccc(C(F)(F)F)cc3)cc12)C12CC(F)(C1)C2. The third-order valence-electron chi connectivity index (χ3n) is 6.04. The Labute approximate surface area is 169 Å². The zero-order chi connectivity index (χ0) is 21.1. The molecule has 156 valence electrons. The van der Waals surface area contributed by atoms with E-state index in [0.717, 1.165) is 23.0 Å². The Hall–Kier alpha value is -3.03. The van der Waals surface area contributed by atoms with Crippen LogP contribution < -0.4 is 10.1 Å². The Bertz CT molecular complexity index is 1110. The molecule has 3 fully saturated rings. The average molecular weight is 418 g/mol. The van der Waals surface area contributed by atoms with Crippen LogP contribution in [0.15, 0.2) is 48.7 Å². The number of H-pyrrole nitrogens is 1. The van der Waals surface area contributed by atoms with Gasteiger partial charge in [-0.25, -0.2) is 4.39 Å². The van der Waals surface area contributed by atoms with Crippen molar-refractivity contribution >= 4 is 22.5 Å². The number of carbonyl (C=O) groups is 1.